The van der Waals surface area contributed by atoms with Gasteiger partial charge in [0.25, 0.3) is 5.91 Å². The molecule has 0 heterocycles. The van der Waals surface area contributed by atoms with Gasteiger partial charge in [0, 0.05) is 19.4 Å². The average Bonchev–Trinajstić information content (AvgIpc) is 2.25. The second kappa shape index (κ2) is 8.88. The van der Waals surface area contributed by atoms with E-state index >= 15 is 0 Å². The van der Waals surface area contributed by atoms with Crippen LogP contribution in [0.3, 0.4) is 0 Å². The molecule has 0 aliphatic rings. The number of quaternary nitrogens is 1. The Kier molecular flexibility index (Phi) is 8.32. The fourth-order valence-corrected chi connectivity index (χ4v) is 1.63. The van der Waals surface area contributed by atoms with E-state index in [4.69, 9.17) is 15.3 Å². The summed E-state index contributed by atoms with van der Waals surface area (Å²) < 4.78 is 5.63. The molecule has 0 atom stereocenters. The van der Waals surface area contributed by atoms with E-state index in [1.807, 2.05) is 21.0 Å². The van der Waals surface area contributed by atoms with Crippen LogP contribution in [-0.4, -0.2) is 68.3 Å². The van der Waals surface area contributed by atoms with Gasteiger partial charge in [-0.05, 0) is 6.92 Å². The fourth-order valence-electron chi connectivity index (χ4n) is 1.63. The maximum Gasteiger partial charge on any atom is 0.275 e. The molecule has 0 saturated carbocycles. The minimum atomic E-state index is -0.0612. The van der Waals surface area contributed by atoms with Crippen LogP contribution in [0.5, 0.6) is 0 Å². The van der Waals surface area contributed by atoms with Crippen molar-refractivity contribution in [3.63, 3.8) is 0 Å². The molecule has 0 aliphatic carbocycles. The van der Waals surface area contributed by atoms with Crippen LogP contribution < -0.4 is 5.32 Å². The predicted molar refractivity (Wildman–Crippen MR) is 70.5 cm³/mol. The van der Waals surface area contributed by atoms with Crippen molar-refractivity contribution in [3.05, 3.63) is 0 Å². The van der Waals surface area contributed by atoms with Crippen LogP contribution in [0.4, 0.5) is 0 Å². The molecule has 106 valence electrons. The third-order valence-corrected chi connectivity index (χ3v) is 2.49. The lowest BCUT2D eigenvalue weighted by atomic mass is 10.2. The first-order valence-electron chi connectivity index (χ1n) is 6.31. The highest BCUT2D eigenvalue weighted by molar-refractivity contribution is 5.77. The van der Waals surface area contributed by atoms with E-state index in [2.05, 4.69) is 5.32 Å². The molecule has 0 unspecified atom stereocenters. The number of rotatable bonds is 9. The molecule has 3 N–H and O–H groups in total. The molecule has 0 saturated heterocycles. The van der Waals surface area contributed by atoms with Crippen LogP contribution in [0.15, 0.2) is 0 Å². The summed E-state index contributed by atoms with van der Waals surface area (Å²) in [5.74, 6) is 0.246. The molecule has 0 radical (unpaired) electrons. The number of aliphatic hydroxyl groups is 1. The molecule has 0 fully saturated rings. The zero-order valence-electron chi connectivity index (χ0n) is 11.7. The lowest BCUT2D eigenvalue weighted by Crippen LogP contribution is -2.48. The summed E-state index contributed by atoms with van der Waals surface area (Å²) >= 11 is 0. The van der Waals surface area contributed by atoms with Crippen molar-refractivity contribution in [2.24, 2.45) is 0 Å². The Morgan fingerprint density at radius 1 is 1.44 bits per heavy atom. The van der Waals surface area contributed by atoms with Crippen LogP contribution in [0.1, 0.15) is 19.8 Å². The number of likely N-dealkylation sites (N-methyl/N-ethyl adjacent to an activating group) is 1. The first-order chi connectivity index (χ1) is 8.41. The molecule has 1 amide bonds. The molecule has 6 nitrogen and oxygen atoms in total. The summed E-state index contributed by atoms with van der Waals surface area (Å²) in [4.78, 5) is 11.5. The number of amides is 1. The number of nitrogens with one attached hydrogen (secondary N) is 2. The van der Waals surface area contributed by atoms with Gasteiger partial charge in [0.1, 0.15) is 0 Å². The summed E-state index contributed by atoms with van der Waals surface area (Å²) in [6.07, 6.45) is 1.42. The van der Waals surface area contributed by atoms with Gasteiger partial charge in [-0.25, -0.2) is 0 Å². The van der Waals surface area contributed by atoms with Crippen molar-refractivity contribution in [2.45, 2.75) is 19.8 Å². The minimum absolute atomic E-state index is 0.0370. The van der Waals surface area contributed by atoms with Crippen molar-refractivity contribution >= 4 is 11.8 Å². The average molecular weight is 260 g/mol. The number of ether oxygens (including phenoxy) is 1. The van der Waals surface area contributed by atoms with Gasteiger partial charge < -0.3 is 19.6 Å². The van der Waals surface area contributed by atoms with Crippen molar-refractivity contribution < 1.29 is 19.1 Å². The predicted octanol–water partition coefficient (Wildman–Crippen LogP) is -0.0347. The Balaban J connectivity index is 3.85. The van der Waals surface area contributed by atoms with E-state index in [0.717, 1.165) is 13.0 Å². The number of hydrogen-bond donors (Lipinski definition) is 3. The second-order valence-corrected chi connectivity index (χ2v) is 4.85. The number of hydrogen-bond acceptors (Lipinski definition) is 4. The standard InChI is InChI=1S/C12H25N3O3/c1-4-18-11(13)6-5-8-15(2,3)10-12(17)14-7-9-16/h13,16H,4-10H2,1-3H3/p+1. The van der Waals surface area contributed by atoms with E-state index < -0.39 is 0 Å². The maximum atomic E-state index is 11.5. The zero-order valence-corrected chi connectivity index (χ0v) is 11.7. The fraction of sp³-hybridized carbons (Fsp3) is 0.833. The Morgan fingerprint density at radius 2 is 2.11 bits per heavy atom. The highest BCUT2D eigenvalue weighted by Crippen LogP contribution is 2.02. The van der Waals surface area contributed by atoms with Gasteiger partial charge in [-0.2, -0.15) is 0 Å². The lowest BCUT2D eigenvalue weighted by Gasteiger charge is -2.29. The summed E-state index contributed by atoms with van der Waals surface area (Å²) in [5, 5.41) is 18.7. The van der Waals surface area contributed by atoms with E-state index in [-0.39, 0.29) is 12.5 Å². The van der Waals surface area contributed by atoms with Crippen molar-refractivity contribution in [1.29, 1.82) is 5.41 Å². The van der Waals surface area contributed by atoms with Gasteiger partial charge in [0.05, 0.1) is 33.9 Å². The summed E-state index contributed by atoms with van der Waals surface area (Å²) in [6, 6.07) is 0. The molecule has 0 aromatic carbocycles. The van der Waals surface area contributed by atoms with Crippen molar-refractivity contribution in [1.82, 2.24) is 5.32 Å². The van der Waals surface area contributed by atoms with E-state index in [1.54, 1.807) is 0 Å². The summed E-state index contributed by atoms with van der Waals surface area (Å²) in [6.45, 7) is 3.84. The first kappa shape index (κ1) is 16.9. The van der Waals surface area contributed by atoms with Crippen molar-refractivity contribution in [2.75, 3.05) is 46.9 Å². The Labute approximate surface area is 109 Å². The topological polar surface area (TPSA) is 82.4 Å². The first-order valence-corrected chi connectivity index (χ1v) is 6.31. The maximum absolute atomic E-state index is 11.5. The molecule has 0 aromatic heterocycles. The monoisotopic (exact) mass is 260 g/mol. The van der Waals surface area contributed by atoms with Gasteiger partial charge in [-0.3, -0.25) is 10.2 Å². The normalized spacial score (nSPS) is 11.1. The number of carbonyl (C=O) groups is 1. The second-order valence-electron chi connectivity index (χ2n) is 4.85. The number of carbonyl (C=O) groups excluding carboxylic acids is 1. The SMILES string of the molecule is CCOC(=N)CCC[N+](C)(C)CC(=O)NCCO. The third kappa shape index (κ3) is 8.95. The largest absolute Gasteiger partial charge is 0.481 e. The highest BCUT2D eigenvalue weighted by atomic mass is 16.5. The number of aliphatic hydroxyl groups excluding tert-OH is 1. The molecule has 18 heavy (non-hydrogen) atoms. The van der Waals surface area contributed by atoms with E-state index in [1.165, 1.54) is 0 Å². The third-order valence-electron chi connectivity index (χ3n) is 2.49. The highest BCUT2D eigenvalue weighted by Gasteiger charge is 2.19. The van der Waals surface area contributed by atoms with E-state index in [9.17, 15) is 4.79 Å². The quantitative estimate of drug-likeness (QED) is 0.309. The molecular formula is C12H26N3O3+. The Bertz CT molecular complexity index is 267. The van der Waals surface area contributed by atoms with Crippen molar-refractivity contribution in [3.8, 4) is 0 Å². The van der Waals surface area contributed by atoms with Crippen LogP contribution in [0.25, 0.3) is 0 Å². The smallest absolute Gasteiger partial charge is 0.275 e. The summed E-state index contributed by atoms with van der Waals surface area (Å²) in [5.41, 5.74) is 0. The van der Waals surface area contributed by atoms with Crippen LogP contribution in [0.2, 0.25) is 0 Å². The molecule has 0 aliphatic heterocycles. The molecule has 6 heteroatoms. The van der Waals surface area contributed by atoms with Crippen LogP contribution in [0, 0.1) is 5.41 Å². The molecule has 0 spiro atoms. The zero-order chi connectivity index (χ0) is 14.0. The van der Waals surface area contributed by atoms with Gasteiger partial charge in [-0.15, -0.1) is 0 Å². The molecule has 0 rings (SSSR count). The molecule has 0 bridgehead atoms. The molecular weight excluding hydrogens is 234 g/mol. The van der Waals surface area contributed by atoms with Gasteiger partial charge >= 0.3 is 0 Å². The van der Waals surface area contributed by atoms with Gasteiger partial charge in [0.2, 0.25) is 0 Å². The minimum Gasteiger partial charge on any atom is -0.481 e. The Hall–Kier alpha value is -1.14. The van der Waals surface area contributed by atoms with Crippen LogP contribution in [-0.2, 0) is 9.53 Å². The summed E-state index contributed by atoms with van der Waals surface area (Å²) in [7, 11) is 3.95. The Morgan fingerprint density at radius 3 is 2.67 bits per heavy atom. The number of nitrogens with zero attached hydrogens (tertiary/aromatic N) is 1. The lowest BCUT2D eigenvalue weighted by molar-refractivity contribution is -0.882. The van der Waals surface area contributed by atoms with Crippen LogP contribution >= 0.6 is 0 Å². The van der Waals surface area contributed by atoms with Gasteiger partial charge in [-0.1, -0.05) is 0 Å². The van der Waals surface area contributed by atoms with Gasteiger partial charge in [0.15, 0.2) is 12.4 Å². The molecule has 0 aromatic rings. The van der Waals surface area contributed by atoms with E-state index in [0.29, 0.717) is 36.5 Å².